The fourth-order valence-electron chi connectivity index (χ4n) is 3.31. The van der Waals surface area contributed by atoms with Crippen molar-refractivity contribution in [3.05, 3.63) is 40.9 Å². The largest absolute Gasteiger partial charge is 0.497 e. The number of hydrogen-bond donors (Lipinski definition) is 1. The van der Waals surface area contributed by atoms with E-state index in [1.807, 2.05) is 18.2 Å². The van der Waals surface area contributed by atoms with Crippen molar-refractivity contribution in [2.45, 2.75) is 6.42 Å². The van der Waals surface area contributed by atoms with E-state index in [0.717, 1.165) is 5.69 Å². The van der Waals surface area contributed by atoms with Crippen molar-refractivity contribution in [3.63, 3.8) is 0 Å². The summed E-state index contributed by atoms with van der Waals surface area (Å²) in [5.41, 5.74) is 1.31. The first-order valence-corrected chi connectivity index (χ1v) is 9.69. The number of carbonyl (C=O) groups excluding carboxylic acids is 2. The van der Waals surface area contributed by atoms with Crippen LogP contribution in [0.25, 0.3) is 0 Å². The first kappa shape index (κ1) is 18.6. The van der Waals surface area contributed by atoms with E-state index in [0.29, 0.717) is 47.2 Å². The van der Waals surface area contributed by atoms with E-state index in [2.05, 4.69) is 21.2 Å². The van der Waals surface area contributed by atoms with Crippen LogP contribution >= 0.6 is 15.9 Å². The second kappa shape index (κ2) is 7.71. The van der Waals surface area contributed by atoms with Crippen molar-refractivity contribution in [1.82, 2.24) is 0 Å². The van der Waals surface area contributed by atoms with E-state index in [4.69, 9.17) is 14.2 Å². The number of nitrogens with one attached hydrogen (secondary N) is 1. The standard InChI is InChI=1S/C20H19BrN2O5/c1-26-14-4-2-3-13(8-14)23-11-12(7-19(23)24)20(25)22-16-10-18-17(9-15(16)21)27-5-6-28-18/h2-4,8-10,12H,5-7,11H2,1H3,(H,22,25). The Morgan fingerprint density at radius 1 is 1.21 bits per heavy atom. The Hall–Kier alpha value is -2.74. The zero-order valence-electron chi connectivity index (χ0n) is 15.2. The molecule has 0 bridgehead atoms. The number of carbonyl (C=O) groups is 2. The highest BCUT2D eigenvalue weighted by atomic mass is 79.9. The smallest absolute Gasteiger partial charge is 0.229 e. The fraction of sp³-hybridized carbons (Fsp3) is 0.300. The average molecular weight is 447 g/mol. The van der Waals surface area contributed by atoms with Crippen LogP contribution < -0.4 is 24.4 Å². The molecule has 2 aromatic carbocycles. The molecule has 1 saturated heterocycles. The zero-order chi connectivity index (χ0) is 19.7. The lowest BCUT2D eigenvalue weighted by molar-refractivity contribution is -0.122. The summed E-state index contributed by atoms with van der Waals surface area (Å²) in [7, 11) is 1.58. The quantitative estimate of drug-likeness (QED) is 0.779. The normalized spacial score (nSPS) is 18.1. The number of rotatable bonds is 4. The maximum Gasteiger partial charge on any atom is 0.229 e. The summed E-state index contributed by atoms with van der Waals surface area (Å²) in [5.74, 6) is 1.14. The third-order valence-electron chi connectivity index (χ3n) is 4.75. The van der Waals surface area contributed by atoms with Gasteiger partial charge in [0.2, 0.25) is 11.8 Å². The number of nitrogens with zero attached hydrogens (tertiary/aromatic N) is 1. The predicted molar refractivity (Wildman–Crippen MR) is 107 cm³/mol. The van der Waals surface area contributed by atoms with Crippen LogP contribution in [0, 0.1) is 5.92 Å². The molecule has 2 aliphatic rings. The minimum atomic E-state index is -0.446. The minimum absolute atomic E-state index is 0.0883. The van der Waals surface area contributed by atoms with E-state index in [1.54, 1.807) is 30.2 Å². The number of hydrogen-bond acceptors (Lipinski definition) is 5. The van der Waals surface area contributed by atoms with Crippen LogP contribution in [0.2, 0.25) is 0 Å². The van der Waals surface area contributed by atoms with E-state index >= 15 is 0 Å². The van der Waals surface area contributed by atoms with Gasteiger partial charge in [-0.2, -0.15) is 0 Å². The molecular weight excluding hydrogens is 428 g/mol. The average Bonchev–Trinajstić information content (AvgIpc) is 3.10. The molecule has 0 aromatic heterocycles. The Labute approximate surface area is 170 Å². The van der Waals surface area contributed by atoms with Gasteiger partial charge in [0.25, 0.3) is 0 Å². The maximum absolute atomic E-state index is 12.8. The number of benzene rings is 2. The van der Waals surface area contributed by atoms with Gasteiger partial charge in [-0.3, -0.25) is 9.59 Å². The number of ether oxygens (including phenoxy) is 3. The zero-order valence-corrected chi connectivity index (χ0v) is 16.8. The third kappa shape index (κ3) is 3.64. The molecule has 2 amide bonds. The maximum atomic E-state index is 12.8. The number of halogens is 1. The Morgan fingerprint density at radius 2 is 1.96 bits per heavy atom. The molecule has 0 aliphatic carbocycles. The van der Waals surface area contributed by atoms with Crippen LogP contribution in [0.15, 0.2) is 40.9 Å². The number of anilines is 2. The second-order valence-electron chi connectivity index (χ2n) is 6.57. The van der Waals surface area contributed by atoms with Crippen molar-refractivity contribution in [1.29, 1.82) is 0 Å². The molecule has 28 heavy (non-hydrogen) atoms. The summed E-state index contributed by atoms with van der Waals surface area (Å²) >= 11 is 3.45. The monoisotopic (exact) mass is 446 g/mol. The molecular formula is C20H19BrN2O5. The van der Waals surface area contributed by atoms with E-state index in [-0.39, 0.29) is 18.2 Å². The Morgan fingerprint density at radius 3 is 2.71 bits per heavy atom. The molecule has 1 atom stereocenters. The number of methoxy groups -OCH3 is 1. The topological polar surface area (TPSA) is 77.1 Å². The predicted octanol–water partition coefficient (Wildman–Crippen LogP) is 3.22. The van der Waals surface area contributed by atoms with Gasteiger partial charge in [0.05, 0.1) is 18.7 Å². The van der Waals surface area contributed by atoms with Crippen LogP contribution in [-0.4, -0.2) is 38.7 Å². The molecule has 1 N–H and O–H groups in total. The summed E-state index contributed by atoms with van der Waals surface area (Å²) < 4.78 is 17.0. The van der Waals surface area contributed by atoms with E-state index in [1.165, 1.54) is 0 Å². The van der Waals surface area contributed by atoms with Crippen LogP contribution in [0.4, 0.5) is 11.4 Å². The molecule has 1 fully saturated rings. The summed E-state index contributed by atoms with van der Waals surface area (Å²) in [5, 5.41) is 2.89. The molecule has 2 aromatic rings. The molecule has 0 saturated carbocycles. The lowest BCUT2D eigenvalue weighted by Gasteiger charge is -2.21. The van der Waals surface area contributed by atoms with Crippen molar-refractivity contribution in [3.8, 4) is 17.2 Å². The Kier molecular flexibility index (Phi) is 5.13. The van der Waals surface area contributed by atoms with Gasteiger partial charge in [-0.25, -0.2) is 0 Å². The molecule has 1 unspecified atom stereocenters. The number of fused-ring (bicyclic) bond motifs is 1. The van der Waals surface area contributed by atoms with Crippen LogP contribution in [0.1, 0.15) is 6.42 Å². The molecule has 0 radical (unpaired) electrons. The van der Waals surface area contributed by atoms with E-state index in [9.17, 15) is 9.59 Å². The first-order valence-electron chi connectivity index (χ1n) is 8.89. The van der Waals surface area contributed by atoms with Crippen molar-refractivity contribution in [2.24, 2.45) is 5.92 Å². The second-order valence-corrected chi connectivity index (χ2v) is 7.43. The highest BCUT2D eigenvalue weighted by molar-refractivity contribution is 9.10. The Bertz CT molecular complexity index is 933. The summed E-state index contributed by atoms with van der Waals surface area (Å²) in [6, 6.07) is 10.8. The first-order chi connectivity index (χ1) is 13.5. The highest BCUT2D eigenvalue weighted by Crippen LogP contribution is 2.38. The van der Waals surface area contributed by atoms with Crippen molar-refractivity contribution < 1.29 is 23.8 Å². The van der Waals surface area contributed by atoms with E-state index < -0.39 is 5.92 Å². The van der Waals surface area contributed by atoms with Crippen LogP contribution in [0.3, 0.4) is 0 Å². The Balaban J connectivity index is 1.48. The van der Waals surface area contributed by atoms with Gasteiger partial charge >= 0.3 is 0 Å². The molecule has 2 aliphatic heterocycles. The molecule has 4 rings (SSSR count). The molecule has 8 heteroatoms. The summed E-state index contributed by atoms with van der Waals surface area (Å²) in [4.78, 5) is 26.8. The summed E-state index contributed by atoms with van der Waals surface area (Å²) in [6.07, 6.45) is 0.158. The van der Waals surface area contributed by atoms with Gasteiger partial charge in [-0.15, -0.1) is 0 Å². The van der Waals surface area contributed by atoms with Crippen molar-refractivity contribution >= 4 is 39.1 Å². The van der Waals surface area contributed by atoms with Gasteiger partial charge in [0.15, 0.2) is 11.5 Å². The van der Waals surface area contributed by atoms with Crippen LogP contribution in [-0.2, 0) is 9.59 Å². The van der Waals surface area contributed by atoms with Gasteiger partial charge in [0, 0.05) is 41.3 Å². The van der Waals surface area contributed by atoms with Crippen LogP contribution in [0.5, 0.6) is 17.2 Å². The third-order valence-corrected chi connectivity index (χ3v) is 5.41. The van der Waals surface area contributed by atoms with Crippen molar-refractivity contribution in [2.75, 3.05) is 37.1 Å². The lowest BCUT2D eigenvalue weighted by Crippen LogP contribution is -2.28. The molecule has 0 spiro atoms. The number of amides is 2. The highest BCUT2D eigenvalue weighted by Gasteiger charge is 2.35. The van der Waals surface area contributed by atoms with Gasteiger partial charge in [-0.05, 0) is 28.1 Å². The minimum Gasteiger partial charge on any atom is -0.497 e. The summed E-state index contributed by atoms with van der Waals surface area (Å²) in [6.45, 7) is 1.28. The fourth-order valence-corrected chi connectivity index (χ4v) is 3.73. The molecule has 2 heterocycles. The van der Waals surface area contributed by atoms with Gasteiger partial charge < -0.3 is 24.4 Å². The van der Waals surface area contributed by atoms with Gasteiger partial charge in [0.1, 0.15) is 19.0 Å². The van der Waals surface area contributed by atoms with Gasteiger partial charge in [-0.1, -0.05) is 6.07 Å². The lowest BCUT2D eigenvalue weighted by atomic mass is 10.1. The molecule has 146 valence electrons. The molecule has 7 nitrogen and oxygen atoms in total. The SMILES string of the molecule is COc1cccc(N2CC(C(=O)Nc3cc4c(cc3Br)OCCO4)CC2=O)c1.